The van der Waals surface area contributed by atoms with Crippen molar-refractivity contribution in [2.75, 3.05) is 26.0 Å². The number of rotatable bonds is 6. The van der Waals surface area contributed by atoms with Crippen molar-refractivity contribution in [2.24, 2.45) is 10.8 Å². The number of nitrogens with one attached hydrogen (secondary N) is 1. The summed E-state index contributed by atoms with van der Waals surface area (Å²) in [5.41, 5.74) is -0.270. The van der Waals surface area contributed by atoms with Crippen LogP contribution in [-0.4, -0.2) is 37.4 Å². The largest absolute Gasteiger partial charge is 0.493 e. The zero-order valence-corrected chi connectivity index (χ0v) is 16.2. The number of amides is 2. The van der Waals surface area contributed by atoms with Crippen LogP contribution >= 0.6 is 0 Å². The third-order valence-electron chi connectivity index (χ3n) is 6.10. The van der Waals surface area contributed by atoms with Crippen molar-refractivity contribution in [2.45, 2.75) is 32.6 Å². The van der Waals surface area contributed by atoms with Crippen LogP contribution < -0.4 is 10.1 Å². The summed E-state index contributed by atoms with van der Waals surface area (Å²) in [5, 5.41) is 5.07. The number of anilines is 1. The minimum absolute atomic E-state index is 0.0236. The number of carbonyl (C=O) groups is 2. The van der Waals surface area contributed by atoms with Crippen LogP contribution in [0.2, 0.25) is 0 Å². The Morgan fingerprint density at radius 2 is 1.63 bits per heavy atom. The second-order valence-corrected chi connectivity index (χ2v) is 7.91. The molecule has 0 atom stereocenters. The fourth-order valence-electron chi connectivity index (χ4n) is 4.40. The molecule has 0 aliphatic heterocycles. The summed E-state index contributed by atoms with van der Waals surface area (Å²) in [6, 6.07) is 11.7. The van der Waals surface area contributed by atoms with Gasteiger partial charge in [-0.25, -0.2) is 0 Å². The van der Waals surface area contributed by atoms with E-state index in [0.717, 1.165) is 47.9 Å². The molecule has 2 aromatic rings. The molecule has 0 radical (unpaired) electrons. The Hall–Kier alpha value is -2.56. The fraction of sp³-hybridized carbons (Fsp3) is 0.455. The molecule has 5 heteroatoms. The molecule has 2 fully saturated rings. The number of fused-ring (bicyclic) bond motifs is 1. The first-order valence-electron chi connectivity index (χ1n) is 9.63. The highest BCUT2D eigenvalue weighted by Gasteiger charge is 2.73. The number of benzene rings is 2. The molecule has 2 aliphatic carbocycles. The summed E-state index contributed by atoms with van der Waals surface area (Å²) in [6.07, 6.45) is 3.18. The van der Waals surface area contributed by atoms with Crippen LogP contribution in [0.15, 0.2) is 36.4 Å². The molecule has 2 amide bonds. The molecule has 2 aliphatic rings. The molecule has 4 rings (SSSR count). The lowest BCUT2D eigenvalue weighted by atomic mass is 9.83. The number of hydrogen-bond donors (Lipinski definition) is 1. The highest BCUT2D eigenvalue weighted by atomic mass is 16.5. The van der Waals surface area contributed by atoms with Gasteiger partial charge in [-0.1, -0.05) is 24.3 Å². The first-order chi connectivity index (χ1) is 12.9. The molecule has 0 heterocycles. The summed E-state index contributed by atoms with van der Waals surface area (Å²) in [7, 11) is 3.55. The van der Waals surface area contributed by atoms with Crippen molar-refractivity contribution in [3.05, 3.63) is 36.4 Å². The molecule has 2 saturated carbocycles. The van der Waals surface area contributed by atoms with Gasteiger partial charge < -0.3 is 15.0 Å². The predicted octanol–water partition coefficient (Wildman–Crippen LogP) is 3.83. The normalized spacial score (nSPS) is 18.6. The van der Waals surface area contributed by atoms with Crippen LogP contribution in [0.5, 0.6) is 5.75 Å². The van der Waals surface area contributed by atoms with Crippen LogP contribution in [0.3, 0.4) is 0 Å². The Morgan fingerprint density at radius 1 is 1.00 bits per heavy atom. The van der Waals surface area contributed by atoms with Crippen molar-refractivity contribution in [1.29, 1.82) is 0 Å². The average molecular weight is 366 g/mol. The third kappa shape index (κ3) is 2.68. The van der Waals surface area contributed by atoms with Crippen LogP contribution in [0.25, 0.3) is 10.8 Å². The topological polar surface area (TPSA) is 58.6 Å². The van der Waals surface area contributed by atoms with Gasteiger partial charge in [0.1, 0.15) is 5.75 Å². The zero-order chi connectivity index (χ0) is 19.2. The number of hydrogen-bond acceptors (Lipinski definition) is 3. The average Bonchev–Trinajstić information content (AvgIpc) is 3.55. The van der Waals surface area contributed by atoms with E-state index >= 15 is 0 Å². The van der Waals surface area contributed by atoms with Crippen molar-refractivity contribution in [3.63, 3.8) is 0 Å². The molecule has 27 heavy (non-hydrogen) atoms. The second-order valence-electron chi connectivity index (χ2n) is 7.91. The first-order valence-corrected chi connectivity index (χ1v) is 9.63. The molecule has 0 aromatic heterocycles. The van der Waals surface area contributed by atoms with Gasteiger partial charge in [0.2, 0.25) is 11.8 Å². The standard InChI is InChI=1S/C22H26N2O3/c1-4-27-18-10-9-17(15-7-5-6-8-16(15)18)23-19(25)21(11-12-21)22(13-14-22)20(26)24(2)3/h5-10H,4,11-14H2,1-3H3,(H,23,25). The Balaban J connectivity index is 1.65. The molecule has 0 spiro atoms. The first kappa shape index (κ1) is 17.8. The van der Waals surface area contributed by atoms with E-state index in [0.29, 0.717) is 6.61 Å². The van der Waals surface area contributed by atoms with Crippen molar-refractivity contribution < 1.29 is 14.3 Å². The summed E-state index contributed by atoms with van der Waals surface area (Å²) >= 11 is 0. The Kier molecular flexibility index (Phi) is 4.13. The lowest BCUT2D eigenvalue weighted by Gasteiger charge is -2.28. The van der Waals surface area contributed by atoms with Gasteiger partial charge >= 0.3 is 0 Å². The minimum Gasteiger partial charge on any atom is -0.493 e. The summed E-state index contributed by atoms with van der Waals surface area (Å²) in [5.74, 6) is 0.880. The van der Waals surface area contributed by atoms with Crippen LogP contribution in [0.4, 0.5) is 5.69 Å². The van der Waals surface area contributed by atoms with Crippen molar-refractivity contribution >= 4 is 28.3 Å². The van der Waals surface area contributed by atoms with Gasteiger partial charge in [0, 0.05) is 30.6 Å². The van der Waals surface area contributed by atoms with E-state index in [1.807, 2.05) is 43.3 Å². The van der Waals surface area contributed by atoms with Crippen LogP contribution in [-0.2, 0) is 9.59 Å². The fourth-order valence-corrected chi connectivity index (χ4v) is 4.40. The monoisotopic (exact) mass is 366 g/mol. The molecule has 0 bridgehead atoms. The van der Waals surface area contributed by atoms with Gasteiger partial charge in [-0.2, -0.15) is 0 Å². The Morgan fingerprint density at radius 3 is 2.19 bits per heavy atom. The van der Waals surface area contributed by atoms with Gasteiger partial charge in [0.05, 0.1) is 17.4 Å². The summed E-state index contributed by atoms with van der Waals surface area (Å²) < 4.78 is 5.72. The Labute approximate surface area is 159 Å². The van der Waals surface area contributed by atoms with E-state index in [2.05, 4.69) is 5.32 Å². The van der Waals surface area contributed by atoms with E-state index < -0.39 is 10.8 Å². The smallest absolute Gasteiger partial charge is 0.231 e. The highest BCUT2D eigenvalue weighted by Crippen LogP contribution is 2.71. The maximum absolute atomic E-state index is 13.3. The molecular formula is C22H26N2O3. The summed E-state index contributed by atoms with van der Waals surface area (Å²) in [6.45, 7) is 2.55. The van der Waals surface area contributed by atoms with Crippen LogP contribution in [0, 0.1) is 10.8 Å². The van der Waals surface area contributed by atoms with Gasteiger partial charge in [0.25, 0.3) is 0 Å². The maximum Gasteiger partial charge on any atom is 0.231 e. The van der Waals surface area contributed by atoms with E-state index in [-0.39, 0.29) is 11.8 Å². The lowest BCUT2D eigenvalue weighted by molar-refractivity contribution is -0.141. The number of nitrogens with zero attached hydrogens (tertiary/aromatic N) is 1. The molecule has 0 unspecified atom stereocenters. The molecule has 0 saturated heterocycles. The molecule has 5 nitrogen and oxygen atoms in total. The minimum atomic E-state index is -0.548. The van der Waals surface area contributed by atoms with E-state index in [1.54, 1.807) is 19.0 Å². The van der Waals surface area contributed by atoms with Gasteiger partial charge in [-0.3, -0.25) is 9.59 Å². The Bertz CT molecular complexity index is 911. The molecular weight excluding hydrogens is 340 g/mol. The van der Waals surface area contributed by atoms with Crippen molar-refractivity contribution in [3.8, 4) is 5.75 Å². The van der Waals surface area contributed by atoms with Gasteiger partial charge in [0.15, 0.2) is 0 Å². The summed E-state index contributed by atoms with van der Waals surface area (Å²) in [4.78, 5) is 27.6. The molecule has 142 valence electrons. The second kappa shape index (κ2) is 6.25. The molecule has 2 aromatic carbocycles. The van der Waals surface area contributed by atoms with E-state index in [1.165, 1.54) is 0 Å². The molecule has 1 N–H and O–H groups in total. The van der Waals surface area contributed by atoms with E-state index in [4.69, 9.17) is 4.74 Å². The van der Waals surface area contributed by atoms with Crippen LogP contribution in [0.1, 0.15) is 32.6 Å². The van der Waals surface area contributed by atoms with Gasteiger partial charge in [-0.15, -0.1) is 0 Å². The van der Waals surface area contributed by atoms with Gasteiger partial charge in [-0.05, 0) is 44.7 Å². The zero-order valence-electron chi connectivity index (χ0n) is 16.2. The number of ether oxygens (including phenoxy) is 1. The predicted molar refractivity (Wildman–Crippen MR) is 106 cm³/mol. The quantitative estimate of drug-likeness (QED) is 0.845. The lowest BCUT2D eigenvalue weighted by Crippen LogP contribution is -2.42. The highest BCUT2D eigenvalue weighted by molar-refractivity contribution is 6.08. The number of carbonyl (C=O) groups excluding carboxylic acids is 2. The van der Waals surface area contributed by atoms with Crippen molar-refractivity contribution in [1.82, 2.24) is 4.90 Å². The maximum atomic E-state index is 13.3. The van der Waals surface area contributed by atoms with E-state index in [9.17, 15) is 9.59 Å². The third-order valence-corrected chi connectivity index (χ3v) is 6.10. The SMILES string of the molecule is CCOc1ccc(NC(=O)C2(C3(C(=O)N(C)C)CC3)CC2)c2ccccc12.